The van der Waals surface area contributed by atoms with Crippen LogP contribution in [0.15, 0.2) is 35.2 Å². The Kier molecular flexibility index (Phi) is 6.63. The first kappa shape index (κ1) is 16.6. The molecule has 1 aromatic rings. The fourth-order valence-corrected chi connectivity index (χ4v) is 2.96. The van der Waals surface area contributed by atoms with Crippen LogP contribution in [0.25, 0.3) is 0 Å². The average molecular weight is 300 g/mol. The van der Waals surface area contributed by atoms with Crippen molar-refractivity contribution in [1.29, 1.82) is 0 Å². The predicted octanol–water partition coefficient (Wildman–Crippen LogP) is 0.636. The molecule has 20 heavy (non-hydrogen) atoms. The van der Waals surface area contributed by atoms with E-state index in [9.17, 15) is 13.2 Å². The van der Waals surface area contributed by atoms with E-state index in [2.05, 4.69) is 9.46 Å². The number of nitrogens with one attached hydrogen (secondary N) is 1. The molecule has 0 aliphatic heterocycles. The van der Waals surface area contributed by atoms with E-state index in [4.69, 9.17) is 5.73 Å². The molecule has 0 spiro atoms. The van der Waals surface area contributed by atoms with Crippen molar-refractivity contribution >= 4 is 16.0 Å². The molecular formula is C13H20N2O4S. The number of carbonyl (C=O) groups is 1. The lowest BCUT2D eigenvalue weighted by Gasteiger charge is -2.16. The smallest absolute Gasteiger partial charge is 0.323 e. The maximum atomic E-state index is 12.2. The second kappa shape index (κ2) is 7.98. The summed E-state index contributed by atoms with van der Waals surface area (Å²) in [6, 6.07) is 7.01. The second-order valence-corrected chi connectivity index (χ2v) is 6.01. The van der Waals surface area contributed by atoms with Gasteiger partial charge in [-0.05, 0) is 31.5 Å². The molecule has 0 saturated heterocycles. The van der Waals surface area contributed by atoms with Gasteiger partial charge in [-0.2, -0.15) is 4.72 Å². The van der Waals surface area contributed by atoms with Crippen molar-refractivity contribution < 1.29 is 17.9 Å². The molecule has 1 atom stereocenters. The van der Waals surface area contributed by atoms with Crippen LogP contribution in [0.4, 0.5) is 0 Å². The Hall–Kier alpha value is -1.44. The first-order valence-electron chi connectivity index (χ1n) is 6.36. The largest absolute Gasteiger partial charge is 0.468 e. The lowest BCUT2D eigenvalue weighted by atomic mass is 10.1. The molecule has 0 radical (unpaired) electrons. The van der Waals surface area contributed by atoms with Crippen LogP contribution in [0.5, 0.6) is 0 Å². The number of nitrogens with two attached hydrogens (primary N) is 1. The van der Waals surface area contributed by atoms with Gasteiger partial charge in [-0.3, -0.25) is 4.79 Å². The average Bonchev–Trinajstić information content (AvgIpc) is 2.46. The van der Waals surface area contributed by atoms with Gasteiger partial charge in [-0.1, -0.05) is 24.6 Å². The number of ether oxygens (including phenoxy) is 1. The van der Waals surface area contributed by atoms with Gasteiger partial charge < -0.3 is 10.5 Å². The van der Waals surface area contributed by atoms with E-state index in [1.807, 2.05) is 0 Å². The van der Waals surface area contributed by atoms with Crippen molar-refractivity contribution in [2.75, 3.05) is 13.7 Å². The highest BCUT2D eigenvalue weighted by Crippen LogP contribution is 2.11. The molecule has 3 N–H and O–H groups in total. The third-order valence-electron chi connectivity index (χ3n) is 2.78. The van der Waals surface area contributed by atoms with Crippen LogP contribution in [0.3, 0.4) is 0 Å². The molecule has 0 aromatic heterocycles. The Balaban J connectivity index is 2.80. The van der Waals surface area contributed by atoms with Crippen molar-refractivity contribution in [2.24, 2.45) is 5.73 Å². The maximum absolute atomic E-state index is 12.2. The van der Waals surface area contributed by atoms with Crippen molar-refractivity contribution in [3.8, 4) is 0 Å². The number of benzene rings is 1. The standard InChI is InChI=1S/C13H20N2O4S/c1-19-13(16)12(9-5-6-10-14)15-20(17,18)11-7-3-2-4-8-11/h2-4,7-8,12,15H,5-6,9-10,14H2,1H3/t12-/m1/s1. The van der Waals surface area contributed by atoms with Crippen molar-refractivity contribution in [1.82, 2.24) is 4.72 Å². The highest BCUT2D eigenvalue weighted by Gasteiger charge is 2.25. The molecule has 0 unspecified atom stereocenters. The number of hydrogen-bond donors (Lipinski definition) is 2. The first-order chi connectivity index (χ1) is 9.51. The van der Waals surface area contributed by atoms with Gasteiger partial charge in [0.25, 0.3) is 0 Å². The number of carbonyl (C=O) groups excluding carboxylic acids is 1. The molecule has 0 aliphatic carbocycles. The zero-order valence-corrected chi connectivity index (χ0v) is 12.2. The first-order valence-corrected chi connectivity index (χ1v) is 7.85. The Labute approximate surface area is 119 Å². The van der Waals surface area contributed by atoms with E-state index in [-0.39, 0.29) is 4.90 Å². The van der Waals surface area contributed by atoms with E-state index in [1.54, 1.807) is 18.2 Å². The van der Waals surface area contributed by atoms with Crippen molar-refractivity contribution in [3.63, 3.8) is 0 Å². The summed E-state index contributed by atoms with van der Waals surface area (Å²) < 4.78 is 31.3. The number of hydrogen-bond acceptors (Lipinski definition) is 5. The number of rotatable bonds is 8. The van der Waals surface area contributed by atoms with E-state index in [0.717, 1.165) is 6.42 Å². The van der Waals surface area contributed by atoms with Gasteiger partial charge in [0.1, 0.15) is 6.04 Å². The van der Waals surface area contributed by atoms with Crippen molar-refractivity contribution in [2.45, 2.75) is 30.2 Å². The van der Waals surface area contributed by atoms with Gasteiger partial charge in [-0.15, -0.1) is 0 Å². The summed E-state index contributed by atoms with van der Waals surface area (Å²) in [7, 11) is -2.50. The van der Waals surface area contributed by atoms with Crippen LogP contribution >= 0.6 is 0 Å². The normalized spacial score (nSPS) is 12.9. The van der Waals surface area contributed by atoms with Gasteiger partial charge in [0.05, 0.1) is 12.0 Å². The molecule has 0 heterocycles. The predicted molar refractivity (Wildman–Crippen MR) is 75.5 cm³/mol. The highest BCUT2D eigenvalue weighted by atomic mass is 32.2. The molecule has 112 valence electrons. The summed E-state index contributed by atoms with van der Waals surface area (Å²) >= 11 is 0. The summed E-state index contributed by atoms with van der Waals surface area (Å²) in [5.41, 5.74) is 5.39. The number of sulfonamides is 1. The van der Waals surface area contributed by atoms with Gasteiger partial charge in [-0.25, -0.2) is 8.42 Å². The molecule has 0 aliphatic rings. The Morgan fingerprint density at radius 1 is 1.30 bits per heavy atom. The molecule has 7 heteroatoms. The molecule has 0 fully saturated rings. The number of esters is 1. The molecule has 0 amide bonds. The minimum atomic E-state index is -3.73. The van der Waals surface area contributed by atoms with Gasteiger partial charge in [0, 0.05) is 0 Å². The molecule has 1 aromatic carbocycles. The number of methoxy groups -OCH3 is 1. The van der Waals surface area contributed by atoms with E-state index in [0.29, 0.717) is 19.4 Å². The van der Waals surface area contributed by atoms with Gasteiger partial charge in [0.15, 0.2) is 0 Å². The minimum Gasteiger partial charge on any atom is -0.468 e. The van der Waals surface area contributed by atoms with Crippen LogP contribution in [0.1, 0.15) is 19.3 Å². The van der Waals surface area contributed by atoms with Crippen LogP contribution in [-0.4, -0.2) is 34.1 Å². The molecule has 1 rings (SSSR count). The summed E-state index contributed by atoms with van der Waals surface area (Å²) in [6.45, 7) is 0.499. The zero-order valence-electron chi connectivity index (χ0n) is 11.4. The Bertz CT molecular complexity index is 516. The van der Waals surface area contributed by atoms with Crippen molar-refractivity contribution in [3.05, 3.63) is 30.3 Å². The molecule has 0 saturated carbocycles. The summed E-state index contributed by atoms with van der Waals surface area (Å²) in [4.78, 5) is 11.8. The molecule has 0 bridgehead atoms. The van der Waals surface area contributed by atoms with E-state index >= 15 is 0 Å². The zero-order chi connectivity index (χ0) is 15.0. The maximum Gasteiger partial charge on any atom is 0.323 e. The summed E-state index contributed by atoms with van der Waals surface area (Å²) in [5, 5.41) is 0. The van der Waals surface area contributed by atoms with Gasteiger partial charge >= 0.3 is 5.97 Å². The Morgan fingerprint density at radius 3 is 2.50 bits per heavy atom. The SMILES string of the molecule is COC(=O)[C@@H](CCCCN)NS(=O)(=O)c1ccccc1. The van der Waals surface area contributed by atoms with E-state index < -0.39 is 22.0 Å². The van der Waals surface area contributed by atoms with Crippen LogP contribution in [0.2, 0.25) is 0 Å². The van der Waals surface area contributed by atoms with Gasteiger partial charge in [0.2, 0.25) is 10.0 Å². The third-order valence-corrected chi connectivity index (χ3v) is 4.27. The quantitative estimate of drug-likeness (QED) is 0.542. The Morgan fingerprint density at radius 2 is 1.95 bits per heavy atom. The topological polar surface area (TPSA) is 98.5 Å². The molecular weight excluding hydrogens is 280 g/mol. The lowest BCUT2D eigenvalue weighted by Crippen LogP contribution is -2.41. The lowest BCUT2D eigenvalue weighted by molar-refractivity contribution is -0.142. The monoisotopic (exact) mass is 300 g/mol. The molecule has 6 nitrogen and oxygen atoms in total. The van der Waals surface area contributed by atoms with Crippen LogP contribution in [0, 0.1) is 0 Å². The summed E-state index contributed by atoms with van der Waals surface area (Å²) in [5.74, 6) is -0.596. The van der Waals surface area contributed by atoms with Crippen LogP contribution in [-0.2, 0) is 19.6 Å². The fraction of sp³-hybridized carbons (Fsp3) is 0.462. The van der Waals surface area contributed by atoms with E-state index in [1.165, 1.54) is 19.2 Å². The van der Waals surface area contributed by atoms with Crippen LogP contribution < -0.4 is 10.5 Å². The highest BCUT2D eigenvalue weighted by molar-refractivity contribution is 7.89. The number of unbranched alkanes of at least 4 members (excludes halogenated alkanes) is 1. The minimum absolute atomic E-state index is 0.118. The second-order valence-electron chi connectivity index (χ2n) is 4.29. The fourth-order valence-electron chi connectivity index (χ4n) is 1.71. The third kappa shape index (κ3) is 4.92. The summed E-state index contributed by atoms with van der Waals surface area (Å²) in [6.07, 6.45) is 1.73.